The highest BCUT2D eigenvalue weighted by Gasteiger charge is 2.28. The van der Waals surface area contributed by atoms with E-state index in [4.69, 9.17) is 0 Å². The Bertz CT molecular complexity index is 535. The molecule has 2 heterocycles. The first-order valence-electron chi connectivity index (χ1n) is 7.64. The Balaban J connectivity index is 1.51. The van der Waals surface area contributed by atoms with Crippen molar-refractivity contribution in [1.82, 2.24) is 10.2 Å². The van der Waals surface area contributed by atoms with Gasteiger partial charge in [0.25, 0.3) is 0 Å². The average Bonchev–Trinajstić information content (AvgIpc) is 3.01. The summed E-state index contributed by atoms with van der Waals surface area (Å²) in [6.45, 7) is 4.71. The molecule has 4 heteroatoms. The SMILES string of the molecule is Cc1cccc(SC2CCN(C(=O)C3C=CCN3)CC2)c1. The number of nitrogens with zero attached hydrogens (tertiary/aromatic N) is 1. The molecule has 0 radical (unpaired) electrons. The minimum absolute atomic E-state index is 0.0917. The lowest BCUT2D eigenvalue weighted by Gasteiger charge is -2.33. The van der Waals surface area contributed by atoms with Gasteiger partial charge in [-0.2, -0.15) is 0 Å². The van der Waals surface area contributed by atoms with Crippen LogP contribution >= 0.6 is 11.8 Å². The number of hydrogen-bond donors (Lipinski definition) is 1. The summed E-state index contributed by atoms with van der Waals surface area (Å²) in [6.07, 6.45) is 6.18. The Hall–Kier alpha value is -1.26. The number of thioether (sulfide) groups is 1. The van der Waals surface area contributed by atoms with Gasteiger partial charge in [-0.05, 0) is 31.9 Å². The molecule has 1 saturated heterocycles. The Morgan fingerprint density at radius 2 is 2.14 bits per heavy atom. The molecular formula is C17H22N2OS. The fraction of sp³-hybridized carbons (Fsp3) is 0.471. The van der Waals surface area contributed by atoms with Gasteiger partial charge in [-0.15, -0.1) is 11.8 Å². The van der Waals surface area contributed by atoms with Crippen LogP contribution in [0.1, 0.15) is 18.4 Å². The zero-order valence-electron chi connectivity index (χ0n) is 12.4. The third-order valence-electron chi connectivity index (χ3n) is 4.10. The van der Waals surface area contributed by atoms with Crippen LogP contribution in [0.2, 0.25) is 0 Å². The number of rotatable bonds is 3. The second-order valence-electron chi connectivity index (χ2n) is 5.77. The monoisotopic (exact) mass is 302 g/mol. The van der Waals surface area contributed by atoms with E-state index in [0.717, 1.165) is 32.5 Å². The number of benzene rings is 1. The molecule has 3 nitrogen and oxygen atoms in total. The van der Waals surface area contributed by atoms with Crippen molar-refractivity contribution in [3.05, 3.63) is 42.0 Å². The van der Waals surface area contributed by atoms with Crippen molar-refractivity contribution in [3.63, 3.8) is 0 Å². The lowest BCUT2D eigenvalue weighted by Crippen LogP contribution is -2.47. The molecule has 2 aliphatic heterocycles. The molecule has 1 unspecified atom stereocenters. The second kappa shape index (κ2) is 6.67. The van der Waals surface area contributed by atoms with Crippen molar-refractivity contribution in [2.45, 2.75) is 36.0 Å². The third-order valence-corrected chi connectivity index (χ3v) is 5.43. The van der Waals surface area contributed by atoms with Crippen LogP contribution in [0.4, 0.5) is 0 Å². The fourth-order valence-electron chi connectivity index (χ4n) is 2.91. The molecule has 1 aromatic rings. The standard InChI is InChI=1S/C17H22N2OS/c1-13-4-2-5-15(12-13)21-14-7-10-19(11-8-14)17(20)16-6-3-9-18-16/h2-6,12,14,16,18H,7-11H2,1H3. The molecule has 112 valence electrons. The van der Waals surface area contributed by atoms with E-state index in [0.29, 0.717) is 5.25 Å². The van der Waals surface area contributed by atoms with Gasteiger partial charge in [0.05, 0.1) is 0 Å². The molecule has 1 N–H and O–H groups in total. The Morgan fingerprint density at radius 1 is 1.33 bits per heavy atom. The Kier molecular flexibility index (Phi) is 4.66. The molecule has 1 atom stereocenters. The highest BCUT2D eigenvalue weighted by atomic mass is 32.2. The number of likely N-dealkylation sites (tertiary alicyclic amines) is 1. The molecule has 2 aliphatic rings. The topological polar surface area (TPSA) is 32.3 Å². The minimum atomic E-state index is -0.0917. The van der Waals surface area contributed by atoms with Gasteiger partial charge in [-0.1, -0.05) is 29.8 Å². The zero-order chi connectivity index (χ0) is 14.7. The van der Waals surface area contributed by atoms with Crippen LogP contribution in [0.25, 0.3) is 0 Å². The molecule has 1 amide bonds. The minimum Gasteiger partial charge on any atom is -0.341 e. The lowest BCUT2D eigenvalue weighted by atomic mass is 10.1. The highest BCUT2D eigenvalue weighted by Crippen LogP contribution is 2.30. The smallest absolute Gasteiger partial charge is 0.243 e. The van der Waals surface area contributed by atoms with E-state index < -0.39 is 0 Å². The quantitative estimate of drug-likeness (QED) is 0.871. The zero-order valence-corrected chi connectivity index (χ0v) is 13.2. The summed E-state index contributed by atoms with van der Waals surface area (Å²) in [6, 6.07) is 8.59. The maximum Gasteiger partial charge on any atom is 0.243 e. The van der Waals surface area contributed by atoms with E-state index in [-0.39, 0.29) is 11.9 Å². The van der Waals surface area contributed by atoms with Crippen LogP contribution < -0.4 is 5.32 Å². The van der Waals surface area contributed by atoms with Crippen LogP contribution in [0.5, 0.6) is 0 Å². The average molecular weight is 302 g/mol. The van der Waals surface area contributed by atoms with Crippen molar-refractivity contribution in [1.29, 1.82) is 0 Å². The predicted molar refractivity (Wildman–Crippen MR) is 87.6 cm³/mol. The van der Waals surface area contributed by atoms with Crippen molar-refractivity contribution in [3.8, 4) is 0 Å². The summed E-state index contributed by atoms with van der Waals surface area (Å²) in [4.78, 5) is 15.7. The number of aryl methyl sites for hydroxylation is 1. The molecule has 0 spiro atoms. The molecule has 0 saturated carbocycles. The normalized spacial score (nSPS) is 22.7. The van der Waals surface area contributed by atoms with Crippen LogP contribution in [0.15, 0.2) is 41.3 Å². The van der Waals surface area contributed by atoms with Crippen molar-refractivity contribution >= 4 is 17.7 Å². The van der Waals surface area contributed by atoms with Gasteiger partial charge in [0, 0.05) is 29.8 Å². The van der Waals surface area contributed by atoms with Crippen molar-refractivity contribution in [2.75, 3.05) is 19.6 Å². The molecule has 1 aromatic carbocycles. The number of hydrogen-bond acceptors (Lipinski definition) is 3. The summed E-state index contributed by atoms with van der Waals surface area (Å²) in [7, 11) is 0. The number of amides is 1. The second-order valence-corrected chi connectivity index (χ2v) is 7.15. The third kappa shape index (κ3) is 3.69. The van der Waals surface area contributed by atoms with E-state index in [1.54, 1.807) is 0 Å². The number of nitrogens with one attached hydrogen (secondary N) is 1. The number of piperidine rings is 1. The van der Waals surface area contributed by atoms with E-state index in [2.05, 4.69) is 36.5 Å². The first kappa shape index (κ1) is 14.7. The first-order valence-corrected chi connectivity index (χ1v) is 8.52. The van der Waals surface area contributed by atoms with Gasteiger partial charge < -0.3 is 4.90 Å². The molecule has 21 heavy (non-hydrogen) atoms. The largest absolute Gasteiger partial charge is 0.341 e. The first-order chi connectivity index (χ1) is 10.2. The summed E-state index contributed by atoms with van der Waals surface area (Å²) < 4.78 is 0. The van der Waals surface area contributed by atoms with Crippen LogP contribution in [0, 0.1) is 6.92 Å². The molecular weight excluding hydrogens is 280 g/mol. The Morgan fingerprint density at radius 3 is 2.81 bits per heavy atom. The maximum absolute atomic E-state index is 12.3. The summed E-state index contributed by atoms with van der Waals surface area (Å²) in [5.41, 5.74) is 1.31. The predicted octanol–water partition coefficient (Wildman–Crippen LogP) is 2.61. The van der Waals surface area contributed by atoms with Crippen molar-refractivity contribution in [2.24, 2.45) is 0 Å². The highest BCUT2D eigenvalue weighted by molar-refractivity contribution is 8.00. The maximum atomic E-state index is 12.3. The van der Waals surface area contributed by atoms with Crippen molar-refractivity contribution < 1.29 is 4.79 Å². The van der Waals surface area contributed by atoms with Gasteiger partial charge >= 0.3 is 0 Å². The van der Waals surface area contributed by atoms with Gasteiger partial charge in [0.15, 0.2) is 0 Å². The summed E-state index contributed by atoms with van der Waals surface area (Å²) >= 11 is 1.96. The number of carbonyl (C=O) groups is 1. The van der Waals surface area contributed by atoms with E-state index in [1.165, 1.54) is 10.5 Å². The van der Waals surface area contributed by atoms with E-state index >= 15 is 0 Å². The van der Waals surface area contributed by atoms with E-state index in [9.17, 15) is 4.79 Å². The van der Waals surface area contributed by atoms with Crippen LogP contribution in [0.3, 0.4) is 0 Å². The van der Waals surface area contributed by atoms with Crippen LogP contribution in [-0.2, 0) is 4.79 Å². The lowest BCUT2D eigenvalue weighted by molar-refractivity contribution is -0.132. The molecule has 3 rings (SSSR count). The van der Waals surface area contributed by atoms with E-state index in [1.807, 2.05) is 28.8 Å². The van der Waals surface area contributed by atoms with Gasteiger partial charge in [-0.25, -0.2) is 0 Å². The van der Waals surface area contributed by atoms with Gasteiger partial charge in [0.1, 0.15) is 6.04 Å². The molecule has 0 aliphatic carbocycles. The summed E-state index contributed by atoms with van der Waals surface area (Å²) in [5.74, 6) is 0.239. The number of carbonyl (C=O) groups excluding carboxylic acids is 1. The summed E-state index contributed by atoms with van der Waals surface area (Å²) in [5, 5.41) is 3.83. The van der Waals surface area contributed by atoms with Gasteiger partial charge in [-0.3, -0.25) is 10.1 Å². The Labute approximate surface area is 130 Å². The van der Waals surface area contributed by atoms with Crippen LogP contribution in [-0.4, -0.2) is 41.7 Å². The molecule has 0 aromatic heterocycles. The fourth-order valence-corrected chi connectivity index (χ4v) is 4.15. The molecule has 0 bridgehead atoms. The van der Waals surface area contributed by atoms with Gasteiger partial charge in [0.2, 0.25) is 5.91 Å². The molecule has 1 fully saturated rings.